The summed E-state index contributed by atoms with van der Waals surface area (Å²) in [6.45, 7) is 8.55. The lowest BCUT2D eigenvalue weighted by atomic mass is 9.97. The van der Waals surface area contributed by atoms with E-state index in [9.17, 15) is 8.42 Å². The van der Waals surface area contributed by atoms with Gasteiger partial charge in [0.15, 0.2) is 9.84 Å². The van der Waals surface area contributed by atoms with Gasteiger partial charge >= 0.3 is 0 Å². The molecule has 122 valence electrons. The van der Waals surface area contributed by atoms with Crippen LogP contribution >= 0.6 is 0 Å². The lowest BCUT2D eigenvalue weighted by Gasteiger charge is -2.33. The maximum Gasteiger partial charge on any atom is 0.154 e. The Balaban J connectivity index is 3.05. The van der Waals surface area contributed by atoms with E-state index in [2.05, 4.69) is 30.3 Å². The summed E-state index contributed by atoms with van der Waals surface area (Å²) in [4.78, 5) is 0. The highest BCUT2D eigenvalue weighted by Gasteiger charge is 2.39. The zero-order chi connectivity index (χ0) is 16.3. The third-order valence-corrected chi connectivity index (χ3v) is 6.43. The Hall–Kier alpha value is -0.880. The minimum Gasteiger partial charge on any atom is -0.312 e. The van der Waals surface area contributed by atoms with Crippen LogP contribution < -0.4 is 5.32 Å². The van der Waals surface area contributed by atoms with Crippen LogP contribution in [-0.4, -0.2) is 41.8 Å². The fourth-order valence-corrected chi connectivity index (χ4v) is 2.97. The van der Waals surface area contributed by atoms with Crippen LogP contribution in [0.3, 0.4) is 0 Å². The Morgan fingerprint density at radius 2 is 2.00 bits per heavy atom. The minimum atomic E-state index is -3.16. The third-order valence-electron chi connectivity index (χ3n) is 4.24. The SMILES string of the molecule is CCCNC(Cc1cc(CC)nn1C)C(C)(C)S(C)(=O)=O. The molecular weight excluding hydrogens is 286 g/mol. The monoisotopic (exact) mass is 315 g/mol. The Morgan fingerprint density at radius 3 is 2.43 bits per heavy atom. The highest BCUT2D eigenvalue weighted by molar-refractivity contribution is 7.92. The van der Waals surface area contributed by atoms with E-state index in [1.54, 1.807) is 13.8 Å². The van der Waals surface area contributed by atoms with Crippen molar-refractivity contribution >= 4 is 9.84 Å². The maximum atomic E-state index is 12.1. The van der Waals surface area contributed by atoms with Gasteiger partial charge in [0, 0.05) is 31.5 Å². The molecule has 0 aromatic carbocycles. The molecule has 0 aliphatic heterocycles. The van der Waals surface area contributed by atoms with Crippen molar-refractivity contribution in [3.8, 4) is 0 Å². The van der Waals surface area contributed by atoms with Gasteiger partial charge in [-0.3, -0.25) is 4.68 Å². The number of nitrogens with one attached hydrogen (secondary N) is 1. The Bertz CT molecular complexity index is 561. The van der Waals surface area contributed by atoms with Crippen LogP contribution in [0, 0.1) is 0 Å². The first-order chi connectivity index (χ1) is 9.63. The second-order valence-corrected chi connectivity index (χ2v) is 8.79. The number of nitrogens with zero attached hydrogens (tertiary/aromatic N) is 2. The van der Waals surface area contributed by atoms with E-state index in [0.717, 1.165) is 30.8 Å². The number of rotatable bonds is 8. The molecule has 0 bridgehead atoms. The van der Waals surface area contributed by atoms with E-state index >= 15 is 0 Å². The summed E-state index contributed by atoms with van der Waals surface area (Å²) in [5, 5.41) is 7.85. The number of hydrogen-bond donors (Lipinski definition) is 1. The summed E-state index contributed by atoms with van der Waals surface area (Å²) in [6.07, 6.45) is 3.83. The van der Waals surface area contributed by atoms with Gasteiger partial charge in [-0.2, -0.15) is 5.10 Å². The van der Waals surface area contributed by atoms with E-state index in [-0.39, 0.29) is 6.04 Å². The number of hydrogen-bond acceptors (Lipinski definition) is 4. The van der Waals surface area contributed by atoms with Gasteiger partial charge in [0.2, 0.25) is 0 Å². The summed E-state index contributed by atoms with van der Waals surface area (Å²) in [5.74, 6) is 0. The normalized spacial score (nSPS) is 14.4. The van der Waals surface area contributed by atoms with E-state index in [1.807, 2.05) is 11.7 Å². The molecule has 0 amide bonds. The highest BCUT2D eigenvalue weighted by Crippen LogP contribution is 2.23. The standard InChI is InChI=1S/C15H29N3O2S/c1-7-9-16-14(15(3,4)21(6,19)20)11-13-10-12(8-2)17-18(13)5/h10,14,16H,7-9,11H2,1-6H3. The van der Waals surface area contributed by atoms with E-state index in [4.69, 9.17) is 0 Å². The summed E-state index contributed by atoms with van der Waals surface area (Å²) >= 11 is 0. The van der Waals surface area contributed by atoms with Crippen LogP contribution in [0.25, 0.3) is 0 Å². The lowest BCUT2D eigenvalue weighted by Crippen LogP contribution is -2.53. The van der Waals surface area contributed by atoms with Crippen LogP contribution in [0.5, 0.6) is 0 Å². The van der Waals surface area contributed by atoms with Gasteiger partial charge in [-0.05, 0) is 39.3 Å². The van der Waals surface area contributed by atoms with Crippen molar-refractivity contribution in [2.24, 2.45) is 7.05 Å². The van der Waals surface area contributed by atoms with Gasteiger partial charge in [0.05, 0.1) is 10.4 Å². The molecule has 1 unspecified atom stereocenters. The lowest BCUT2D eigenvalue weighted by molar-refractivity contribution is 0.399. The average molecular weight is 315 g/mol. The second-order valence-electron chi connectivity index (χ2n) is 6.19. The predicted octanol–water partition coefficient (Wildman–Crippen LogP) is 1.72. The second kappa shape index (κ2) is 6.92. The average Bonchev–Trinajstić information content (AvgIpc) is 2.73. The van der Waals surface area contributed by atoms with Gasteiger partial charge in [-0.1, -0.05) is 13.8 Å². The summed E-state index contributed by atoms with van der Waals surface area (Å²) < 4.78 is 25.3. The topological polar surface area (TPSA) is 64.0 Å². The van der Waals surface area contributed by atoms with Gasteiger partial charge in [0.1, 0.15) is 0 Å². The van der Waals surface area contributed by atoms with E-state index in [0.29, 0.717) is 6.42 Å². The van der Waals surface area contributed by atoms with Crippen molar-refractivity contribution in [1.29, 1.82) is 0 Å². The van der Waals surface area contributed by atoms with Crippen LogP contribution in [0.15, 0.2) is 6.07 Å². The summed E-state index contributed by atoms with van der Waals surface area (Å²) in [5.41, 5.74) is 2.11. The van der Waals surface area contributed by atoms with Gasteiger partial charge in [-0.15, -0.1) is 0 Å². The number of aromatic nitrogens is 2. The first kappa shape index (κ1) is 18.2. The minimum absolute atomic E-state index is 0.132. The first-order valence-corrected chi connectivity index (χ1v) is 9.47. The van der Waals surface area contributed by atoms with Gasteiger partial charge in [0.25, 0.3) is 0 Å². The van der Waals surface area contributed by atoms with Crippen LogP contribution in [0.1, 0.15) is 45.5 Å². The molecule has 0 saturated heterocycles. The molecule has 0 aliphatic rings. The number of aryl methyl sites for hydroxylation is 2. The molecule has 6 heteroatoms. The molecule has 1 rings (SSSR count). The molecule has 5 nitrogen and oxygen atoms in total. The maximum absolute atomic E-state index is 12.1. The highest BCUT2D eigenvalue weighted by atomic mass is 32.2. The first-order valence-electron chi connectivity index (χ1n) is 7.58. The summed E-state index contributed by atoms with van der Waals surface area (Å²) in [7, 11) is -1.24. The van der Waals surface area contributed by atoms with Crippen molar-refractivity contribution in [3.63, 3.8) is 0 Å². The molecule has 0 fully saturated rings. The van der Waals surface area contributed by atoms with Gasteiger partial charge in [-0.25, -0.2) is 8.42 Å². The smallest absolute Gasteiger partial charge is 0.154 e. The van der Waals surface area contributed by atoms with Gasteiger partial charge < -0.3 is 5.32 Å². The predicted molar refractivity (Wildman–Crippen MR) is 87.3 cm³/mol. The molecule has 0 spiro atoms. The van der Waals surface area contributed by atoms with Crippen molar-refractivity contribution in [2.75, 3.05) is 12.8 Å². The van der Waals surface area contributed by atoms with E-state index in [1.165, 1.54) is 6.26 Å². The Morgan fingerprint density at radius 1 is 1.38 bits per heavy atom. The van der Waals surface area contributed by atoms with Crippen LogP contribution in [0.2, 0.25) is 0 Å². The molecule has 0 aliphatic carbocycles. The molecular formula is C15H29N3O2S. The molecule has 1 heterocycles. The van der Waals surface area contributed by atoms with Crippen LogP contribution in [0.4, 0.5) is 0 Å². The molecule has 1 N–H and O–H groups in total. The fraction of sp³-hybridized carbons (Fsp3) is 0.800. The zero-order valence-electron chi connectivity index (χ0n) is 14.1. The molecule has 21 heavy (non-hydrogen) atoms. The molecule has 1 atom stereocenters. The molecule has 0 radical (unpaired) electrons. The van der Waals surface area contributed by atoms with E-state index < -0.39 is 14.6 Å². The van der Waals surface area contributed by atoms with Crippen molar-refractivity contribution in [3.05, 3.63) is 17.5 Å². The Labute approximate surface area is 129 Å². The van der Waals surface area contributed by atoms with Crippen molar-refractivity contribution in [1.82, 2.24) is 15.1 Å². The largest absolute Gasteiger partial charge is 0.312 e. The zero-order valence-corrected chi connectivity index (χ0v) is 14.9. The third kappa shape index (κ3) is 4.30. The van der Waals surface area contributed by atoms with Crippen molar-refractivity contribution in [2.45, 2.75) is 57.7 Å². The fourth-order valence-electron chi connectivity index (χ4n) is 2.29. The number of sulfone groups is 1. The Kier molecular flexibility index (Phi) is 5.99. The quantitative estimate of drug-likeness (QED) is 0.793. The van der Waals surface area contributed by atoms with Crippen molar-refractivity contribution < 1.29 is 8.42 Å². The molecule has 1 aromatic rings. The molecule has 1 aromatic heterocycles. The summed E-state index contributed by atoms with van der Waals surface area (Å²) in [6, 6.07) is 1.94. The molecule has 0 saturated carbocycles. The van der Waals surface area contributed by atoms with Crippen LogP contribution in [-0.2, 0) is 29.7 Å².